The van der Waals surface area contributed by atoms with Gasteiger partial charge in [-0.05, 0) is 48.5 Å². The number of hydrogen-bond acceptors (Lipinski definition) is 11. The highest BCUT2D eigenvalue weighted by Crippen LogP contribution is 2.25. The van der Waals surface area contributed by atoms with E-state index in [4.69, 9.17) is 4.74 Å². The van der Waals surface area contributed by atoms with Crippen LogP contribution in [0.3, 0.4) is 0 Å². The third kappa shape index (κ3) is 6.16. The van der Waals surface area contributed by atoms with Crippen molar-refractivity contribution in [3.05, 3.63) is 88.5 Å². The van der Waals surface area contributed by atoms with Gasteiger partial charge in [-0.2, -0.15) is 20.1 Å². The van der Waals surface area contributed by atoms with Gasteiger partial charge in [-0.15, -0.1) is 0 Å². The SMILES string of the molecule is COc1ccc(Nc2nc(NN=Cc3ccc(O)c([N+](=O)[O-])c3)nc(Nc3ccccc3)n2)cc1. The van der Waals surface area contributed by atoms with Crippen molar-refractivity contribution in [3.8, 4) is 11.5 Å². The van der Waals surface area contributed by atoms with Crippen LogP contribution < -0.4 is 20.8 Å². The van der Waals surface area contributed by atoms with Crippen LogP contribution >= 0.6 is 0 Å². The minimum absolute atomic E-state index is 0.124. The number of hydrazone groups is 1. The highest BCUT2D eigenvalue weighted by atomic mass is 16.6. The predicted molar refractivity (Wildman–Crippen MR) is 132 cm³/mol. The first kappa shape index (κ1) is 22.9. The van der Waals surface area contributed by atoms with Crippen molar-refractivity contribution in [2.45, 2.75) is 0 Å². The Balaban J connectivity index is 1.57. The van der Waals surface area contributed by atoms with Crippen molar-refractivity contribution in [1.82, 2.24) is 15.0 Å². The second-order valence-corrected chi connectivity index (χ2v) is 7.03. The number of aromatic hydroxyl groups is 1. The smallest absolute Gasteiger partial charge is 0.311 e. The van der Waals surface area contributed by atoms with E-state index in [9.17, 15) is 15.2 Å². The second kappa shape index (κ2) is 10.6. The molecule has 0 spiro atoms. The zero-order chi connectivity index (χ0) is 24.6. The maximum atomic E-state index is 11.0. The fourth-order valence-electron chi connectivity index (χ4n) is 2.92. The Labute approximate surface area is 199 Å². The molecule has 0 atom stereocenters. The largest absolute Gasteiger partial charge is 0.502 e. The Morgan fingerprint density at radius 2 is 1.54 bits per heavy atom. The molecule has 4 aromatic rings. The number of aromatic nitrogens is 3. The van der Waals surface area contributed by atoms with Crippen LogP contribution in [-0.4, -0.2) is 38.3 Å². The Morgan fingerprint density at radius 1 is 0.914 bits per heavy atom. The van der Waals surface area contributed by atoms with Crippen LogP contribution in [0, 0.1) is 10.1 Å². The number of rotatable bonds is 9. The Kier molecular flexibility index (Phi) is 6.92. The second-order valence-electron chi connectivity index (χ2n) is 7.03. The first-order chi connectivity index (χ1) is 17.0. The molecule has 0 aliphatic heterocycles. The summed E-state index contributed by atoms with van der Waals surface area (Å²) >= 11 is 0. The van der Waals surface area contributed by atoms with Crippen molar-refractivity contribution in [2.24, 2.45) is 5.10 Å². The number of anilines is 5. The van der Waals surface area contributed by atoms with E-state index in [0.717, 1.165) is 11.4 Å². The lowest BCUT2D eigenvalue weighted by atomic mass is 10.2. The number of nitrogens with one attached hydrogen (secondary N) is 3. The van der Waals surface area contributed by atoms with Gasteiger partial charge in [0.2, 0.25) is 17.8 Å². The van der Waals surface area contributed by atoms with Crippen LogP contribution in [0.4, 0.5) is 34.9 Å². The van der Waals surface area contributed by atoms with Crippen molar-refractivity contribution in [1.29, 1.82) is 0 Å². The lowest BCUT2D eigenvalue weighted by Gasteiger charge is -2.10. The van der Waals surface area contributed by atoms with E-state index in [1.165, 1.54) is 24.4 Å². The van der Waals surface area contributed by atoms with Crippen molar-refractivity contribution >= 4 is 41.1 Å². The zero-order valence-electron chi connectivity index (χ0n) is 18.4. The molecule has 4 N–H and O–H groups in total. The average molecular weight is 472 g/mol. The minimum atomic E-state index is -0.676. The number of ether oxygens (including phenoxy) is 1. The fraction of sp³-hybridized carbons (Fsp3) is 0.0435. The molecule has 0 aliphatic carbocycles. The zero-order valence-corrected chi connectivity index (χ0v) is 18.4. The Hall–Kier alpha value is -5.26. The molecule has 1 heterocycles. The molecule has 12 nitrogen and oxygen atoms in total. The molecule has 0 saturated heterocycles. The first-order valence-electron chi connectivity index (χ1n) is 10.3. The Morgan fingerprint density at radius 3 is 2.17 bits per heavy atom. The number of phenols is 1. The van der Waals surface area contributed by atoms with Gasteiger partial charge in [-0.1, -0.05) is 18.2 Å². The summed E-state index contributed by atoms with van der Waals surface area (Å²) in [6, 6.07) is 20.5. The molecule has 0 fully saturated rings. The molecule has 176 valence electrons. The molecule has 12 heteroatoms. The summed E-state index contributed by atoms with van der Waals surface area (Å²) in [5.74, 6) is 0.924. The topological polar surface area (TPSA) is 160 Å². The van der Waals surface area contributed by atoms with Gasteiger partial charge < -0.3 is 20.5 Å². The quantitative estimate of drug-likeness (QED) is 0.156. The lowest BCUT2D eigenvalue weighted by Crippen LogP contribution is -2.07. The number of nitro groups is 1. The summed E-state index contributed by atoms with van der Waals surface area (Å²) < 4.78 is 5.18. The summed E-state index contributed by atoms with van der Waals surface area (Å²) in [5.41, 5.74) is 4.19. The van der Waals surface area contributed by atoms with Gasteiger partial charge >= 0.3 is 5.69 Å². The standard InChI is InChI=1S/C23H20N8O4/c1-35-18-10-8-17(9-11-18)26-22-27-21(25-16-5-3-2-4-6-16)28-23(29-22)30-24-14-15-7-12-20(32)19(13-15)31(33)34/h2-14,32H,1H3,(H3,25,26,27,28,29,30). The van der Waals surface area contributed by atoms with Gasteiger partial charge in [-0.3, -0.25) is 10.1 Å². The molecule has 0 unspecified atom stereocenters. The van der Waals surface area contributed by atoms with Crippen molar-refractivity contribution in [3.63, 3.8) is 0 Å². The van der Waals surface area contributed by atoms with Gasteiger partial charge in [0.05, 0.1) is 18.2 Å². The van der Waals surface area contributed by atoms with Gasteiger partial charge in [-0.25, -0.2) is 5.43 Å². The molecule has 0 saturated carbocycles. The van der Waals surface area contributed by atoms with Gasteiger partial charge in [0.15, 0.2) is 5.75 Å². The lowest BCUT2D eigenvalue weighted by molar-refractivity contribution is -0.385. The predicted octanol–water partition coefficient (Wildman–Crippen LogP) is 4.43. The highest BCUT2D eigenvalue weighted by molar-refractivity contribution is 5.82. The number of hydrogen-bond donors (Lipinski definition) is 4. The van der Waals surface area contributed by atoms with E-state index in [-0.39, 0.29) is 17.8 Å². The van der Waals surface area contributed by atoms with E-state index in [1.807, 2.05) is 42.5 Å². The number of phenolic OH excluding ortho intramolecular Hbond substituents is 1. The highest BCUT2D eigenvalue weighted by Gasteiger charge is 2.13. The average Bonchev–Trinajstić information content (AvgIpc) is 2.86. The molecular formula is C23H20N8O4. The molecule has 0 aliphatic rings. The van der Waals surface area contributed by atoms with E-state index in [1.54, 1.807) is 19.2 Å². The molecular weight excluding hydrogens is 452 g/mol. The summed E-state index contributed by atoms with van der Waals surface area (Å²) in [5, 5.41) is 30.9. The summed E-state index contributed by atoms with van der Waals surface area (Å²) in [6.45, 7) is 0. The first-order valence-corrected chi connectivity index (χ1v) is 10.3. The van der Waals surface area contributed by atoms with Gasteiger partial charge in [0.25, 0.3) is 0 Å². The van der Waals surface area contributed by atoms with Crippen molar-refractivity contribution < 1.29 is 14.8 Å². The van der Waals surface area contributed by atoms with Crippen LogP contribution in [0.15, 0.2) is 77.9 Å². The van der Waals surface area contributed by atoms with Gasteiger partial charge in [0, 0.05) is 23.0 Å². The number of nitro benzene ring substituents is 1. The monoisotopic (exact) mass is 472 g/mol. The number of nitrogens with zero attached hydrogens (tertiary/aromatic N) is 5. The summed E-state index contributed by atoms with van der Waals surface area (Å²) in [4.78, 5) is 23.4. The van der Waals surface area contributed by atoms with Gasteiger partial charge in [0.1, 0.15) is 5.75 Å². The number of para-hydroxylation sites is 1. The summed E-state index contributed by atoms with van der Waals surface area (Å²) in [7, 11) is 1.59. The number of methoxy groups -OCH3 is 1. The Bertz CT molecular complexity index is 1350. The van der Waals surface area contributed by atoms with E-state index < -0.39 is 16.4 Å². The maximum Gasteiger partial charge on any atom is 0.311 e. The van der Waals surface area contributed by atoms with Crippen LogP contribution in [0.1, 0.15) is 5.56 Å². The van der Waals surface area contributed by atoms with Crippen LogP contribution in [0.2, 0.25) is 0 Å². The van der Waals surface area contributed by atoms with E-state index >= 15 is 0 Å². The molecule has 4 rings (SSSR count). The van der Waals surface area contributed by atoms with E-state index in [2.05, 4.69) is 36.1 Å². The van der Waals surface area contributed by atoms with Crippen LogP contribution in [-0.2, 0) is 0 Å². The van der Waals surface area contributed by atoms with Crippen molar-refractivity contribution in [2.75, 3.05) is 23.2 Å². The molecule has 0 amide bonds. The molecule has 0 bridgehead atoms. The molecule has 3 aromatic carbocycles. The van der Waals surface area contributed by atoms with Crippen LogP contribution in [0.5, 0.6) is 11.5 Å². The fourth-order valence-corrected chi connectivity index (χ4v) is 2.92. The molecule has 35 heavy (non-hydrogen) atoms. The van der Waals surface area contributed by atoms with Crippen LogP contribution in [0.25, 0.3) is 0 Å². The maximum absolute atomic E-state index is 11.0. The normalized spacial score (nSPS) is 10.7. The number of benzene rings is 3. The third-order valence-electron chi connectivity index (χ3n) is 4.59. The van der Waals surface area contributed by atoms with E-state index in [0.29, 0.717) is 11.3 Å². The molecule has 0 radical (unpaired) electrons. The molecule has 1 aromatic heterocycles. The summed E-state index contributed by atoms with van der Waals surface area (Å²) in [6.07, 6.45) is 1.34. The minimum Gasteiger partial charge on any atom is -0.502 e. The third-order valence-corrected chi connectivity index (χ3v) is 4.59.